The molecule has 0 spiro atoms. The number of aromatic carboxylic acids is 1. The van der Waals surface area contributed by atoms with E-state index in [-0.39, 0.29) is 12.2 Å². The molecule has 1 N–H and O–H groups in total. The molecule has 0 heterocycles. The minimum atomic E-state index is -0.964. The highest BCUT2D eigenvalue weighted by molar-refractivity contribution is 5.88. The van der Waals surface area contributed by atoms with Crippen molar-refractivity contribution in [3.05, 3.63) is 59.7 Å². The average molecular weight is 272 g/mol. The second-order valence-corrected chi connectivity index (χ2v) is 4.16. The van der Waals surface area contributed by atoms with Crippen molar-refractivity contribution in [1.29, 1.82) is 0 Å². The Hall–Kier alpha value is -2.49. The van der Waals surface area contributed by atoms with Crippen LogP contribution < -0.4 is 9.47 Å². The number of benzene rings is 2. The van der Waals surface area contributed by atoms with E-state index in [4.69, 9.17) is 14.6 Å². The molecular weight excluding hydrogens is 256 g/mol. The molecule has 0 aliphatic rings. The van der Waals surface area contributed by atoms with E-state index in [0.29, 0.717) is 12.4 Å². The van der Waals surface area contributed by atoms with Crippen LogP contribution in [0.25, 0.3) is 0 Å². The fraction of sp³-hybridized carbons (Fsp3) is 0.188. The maximum Gasteiger partial charge on any atom is 0.335 e. The lowest BCUT2D eigenvalue weighted by molar-refractivity contribution is 0.0696. The van der Waals surface area contributed by atoms with E-state index >= 15 is 0 Å². The summed E-state index contributed by atoms with van der Waals surface area (Å²) < 4.78 is 11.1. The molecule has 2 aromatic rings. The Bertz CT molecular complexity index is 578. The van der Waals surface area contributed by atoms with Crippen molar-refractivity contribution < 1.29 is 19.4 Å². The molecule has 104 valence electrons. The van der Waals surface area contributed by atoms with Gasteiger partial charge >= 0.3 is 5.97 Å². The van der Waals surface area contributed by atoms with Crippen LogP contribution in [0.15, 0.2) is 48.5 Å². The minimum Gasteiger partial charge on any atom is -0.493 e. The van der Waals surface area contributed by atoms with Gasteiger partial charge in [0.2, 0.25) is 0 Å². The van der Waals surface area contributed by atoms with Crippen molar-refractivity contribution in [2.75, 3.05) is 6.61 Å². The van der Waals surface area contributed by atoms with Crippen molar-refractivity contribution in [3.63, 3.8) is 0 Å². The molecule has 0 aromatic heterocycles. The summed E-state index contributed by atoms with van der Waals surface area (Å²) >= 11 is 0. The molecule has 0 aliphatic heterocycles. The smallest absolute Gasteiger partial charge is 0.335 e. The molecule has 0 atom stereocenters. The van der Waals surface area contributed by atoms with E-state index in [9.17, 15) is 4.79 Å². The van der Waals surface area contributed by atoms with Gasteiger partial charge in [0.1, 0.15) is 18.1 Å². The lowest BCUT2D eigenvalue weighted by Gasteiger charge is -2.12. The fourth-order valence-corrected chi connectivity index (χ4v) is 1.80. The Kier molecular flexibility index (Phi) is 4.60. The van der Waals surface area contributed by atoms with Crippen molar-refractivity contribution in [3.8, 4) is 11.5 Å². The quantitative estimate of drug-likeness (QED) is 0.876. The molecular formula is C16H16O4. The zero-order valence-corrected chi connectivity index (χ0v) is 11.2. The molecule has 2 aromatic carbocycles. The maximum absolute atomic E-state index is 11.0. The third kappa shape index (κ3) is 3.51. The van der Waals surface area contributed by atoms with Gasteiger partial charge in [0.25, 0.3) is 0 Å². The SMILES string of the molecule is CCOc1ccc(C(=O)O)cc1COc1ccccc1. The number of hydrogen-bond acceptors (Lipinski definition) is 3. The third-order valence-corrected chi connectivity index (χ3v) is 2.74. The fourth-order valence-electron chi connectivity index (χ4n) is 1.80. The highest BCUT2D eigenvalue weighted by Gasteiger charge is 2.10. The van der Waals surface area contributed by atoms with Crippen LogP contribution >= 0.6 is 0 Å². The largest absolute Gasteiger partial charge is 0.493 e. The zero-order valence-electron chi connectivity index (χ0n) is 11.2. The summed E-state index contributed by atoms with van der Waals surface area (Å²) in [6, 6.07) is 14.1. The molecule has 0 saturated carbocycles. The predicted octanol–water partition coefficient (Wildman–Crippen LogP) is 3.36. The lowest BCUT2D eigenvalue weighted by Crippen LogP contribution is -2.04. The van der Waals surface area contributed by atoms with E-state index in [2.05, 4.69) is 0 Å². The van der Waals surface area contributed by atoms with E-state index < -0.39 is 5.97 Å². The summed E-state index contributed by atoms with van der Waals surface area (Å²) in [6.07, 6.45) is 0. The van der Waals surface area contributed by atoms with E-state index in [1.54, 1.807) is 12.1 Å². The van der Waals surface area contributed by atoms with Crippen LogP contribution in [0.3, 0.4) is 0 Å². The Balaban J connectivity index is 2.19. The molecule has 0 saturated heterocycles. The van der Waals surface area contributed by atoms with E-state index in [1.807, 2.05) is 37.3 Å². The summed E-state index contributed by atoms with van der Waals surface area (Å²) in [5.74, 6) is 0.415. The summed E-state index contributed by atoms with van der Waals surface area (Å²) in [4.78, 5) is 11.0. The monoisotopic (exact) mass is 272 g/mol. The van der Waals surface area contributed by atoms with Gasteiger partial charge in [-0.15, -0.1) is 0 Å². The van der Waals surface area contributed by atoms with Gasteiger partial charge in [0.05, 0.1) is 12.2 Å². The number of hydrogen-bond donors (Lipinski definition) is 1. The molecule has 0 unspecified atom stereocenters. The summed E-state index contributed by atoms with van der Waals surface area (Å²) in [5, 5.41) is 9.03. The number of carbonyl (C=O) groups is 1. The number of para-hydroxylation sites is 1. The molecule has 2 rings (SSSR count). The summed E-state index contributed by atoms with van der Waals surface area (Å²) in [7, 11) is 0. The highest BCUT2D eigenvalue weighted by atomic mass is 16.5. The molecule has 20 heavy (non-hydrogen) atoms. The third-order valence-electron chi connectivity index (χ3n) is 2.74. The van der Waals surface area contributed by atoms with E-state index in [0.717, 1.165) is 11.3 Å². The second-order valence-electron chi connectivity index (χ2n) is 4.16. The molecule has 0 aliphatic carbocycles. The number of rotatable bonds is 6. The van der Waals surface area contributed by atoms with Crippen LogP contribution in [-0.4, -0.2) is 17.7 Å². The number of carboxylic acid groups (broad SMARTS) is 1. The second kappa shape index (κ2) is 6.61. The first-order valence-corrected chi connectivity index (χ1v) is 6.37. The van der Waals surface area contributed by atoms with Gasteiger partial charge in [0, 0.05) is 5.56 Å². The van der Waals surface area contributed by atoms with Crippen LogP contribution in [0, 0.1) is 0 Å². The van der Waals surface area contributed by atoms with Gasteiger partial charge in [0.15, 0.2) is 0 Å². The van der Waals surface area contributed by atoms with Crippen LogP contribution in [0.4, 0.5) is 0 Å². The predicted molar refractivity (Wildman–Crippen MR) is 75.3 cm³/mol. The minimum absolute atomic E-state index is 0.222. The van der Waals surface area contributed by atoms with Crippen LogP contribution in [0.2, 0.25) is 0 Å². The van der Waals surface area contributed by atoms with Gasteiger partial charge < -0.3 is 14.6 Å². The van der Waals surface area contributed by atoms with Crippen LogP contribution in [0.1, 0.15) is 22.8 Å². The van der Waals surface area contributed by atoms with Gasteiger partial charge in [-0.2, -0.15) is 0 Å². The first-order chi connectivity index (χ1) is 9.70. The van der Waals surface area contributed by atoms with Crippen LogP contribution in [-0.2, 0) is 6.61 Å². The Morgan fingerprint density at radius 3 is 2.50 bits per heavy atom. The van der Waals surface area contributed by atoms with Gasteiger partial charge in [-0.05, 0) is 37.3 Å². The van der Waals surface area contributed by atoms with Crippen molar-refractivity contribution >= 4 is 5.97 Å². The molecule has 0 fully saturated rings. The van der Waals surface area contributed by atoms with Crippen molar-refractivity contribution in [2.24, 2.45) is 0 Å². The summed E-state index contributed by atoms with van der Waals surface area (Å²) in [6.45, 7) is 2.66. The molecule has 0 bridgehead atoms. The van der Waals surface area contributed by atoms with Crippen molar-refractivity contribution in [2.45, 2.75) is 13.5 Å². The van der Waals surface area contributed by atoms with Gasteiger partial charge in [-0.25, -0.2) is 4.79 Å². The maximum atomic E-state index is 11.0. The zero-order chi connectivity index (χ0) is 14.4. The molecule has 0 amide bonds. The molecule has 4 nitrogen and oxygen atoms in total. The summed E-state index contributed by atoms with van der Waals surface area (Å²) in [5.41, 5.74) is 0.940. The topological polar surface area (TPSA) is 55.8 Å². The first kappa shape index (κ1) is 13.9. The Labute approximate surface area is 117 Å². The Morgan fingerprint density at radius 1 is 1.10 bits per heavy atom. The molecule has 0 radical (unpaired) electrons. The van der Waals surface area contributed by atoms with Crippen molar-refractivity contribution in [1.82, 2.24) is 0 Å². The van der Waals surface area contributed by atoms with Crippen LogP contribution in [0.5, 0.6) is 11.5 Å². The lowest BCUT2D eigenvalue weighted by atomic mass is 10.1. The number of carboxylic acids is 1. The Morgan fingerprint density at radius 2 is 1.85 bits per heavy atom. The molecule has 4 heteroatoms. The van der Waals surface area contributed by atoms with E-state index in [1.165, 1.54) is 6.07 Å². The highest BCUT2D eigenvalue weighted by Crippen LogP contribution is 2.22. The number of ether oxygens (including phenoxy) is 2. The standard InChI is InChI=1S/C16H16O4/c1-2-19-15-9-8-12(16(17)18)10-13(15)11-20-14-6-4-3-5-7-14/h3-10H,2,11H2,1H3,(H,17,18). The normalized spacial score (nSPS) is 10.1. The first-order valence-electron chi connectivity index (χ1n) is 6.37. The van der Waals surface area contributed by atoms with Gasteiger partial charge in [-0.3, -0.25) is 0 Å². The average Bonchev–Trinajstić information content (AvgIpc) is 2.47. The van der Waals surface area contributed by atoms with Gasteiger partial charge in [-0.1, -0.05) is 18.2 Å².